The van der Waals surface area contributed by atoms with Gasteiger partial charge < -0.3 is 9.88 Å². The van der Waals surface area contributed by atoms with E-state index < -0.39 is 21.5 Å². The maximum Gasteiger partial charge on any atom is 0.235 e. The van der Waals surface area contributed by atoms with Crippen LogP contribution in [-0.4, -0.2) is 35.7 Å². The van der Waals surface area contributed by atoms with Crippen molar-refractivity contribution in [2.24, 2.45) is 13.0 Å². The molecule has 0 bridgehead atoms. The van der Waals surface area contributed by atoms with Gasteiger partial charge in [-0.25, -0.2) is 13.4 Å². The number of aromatic nitrogens is 2. The molecule has 6 nitrogen and oxygen atoms in total. The molecule has 20 heavy (non-hydrogen) atoms. The average Bonchev–Trinajstić information content (AvgIpc) is 2.78. The molecule has 0 spiro atoms. The molecule has 1 fully saturated rings. The third kappa shape index (κ3) is 3.39. The molecule has 0 aromatic carbocycles. The Morgan fingerprint density at radius 3 is 2.75 bits per heavy atom. The van der Waals surface area contributed by atoms with Crippen LogP contribution in [0.5, 0.6) is 0 Å². The molecule has 1 aliphatic carbocycles. The number of nitrogens with zero attached hydrogens (tertiary/aromatic N) is 2. The van der Waals surface area contributed by atoms with Crippen molar-refractivity contribution in [1.82, 2.24) is 14.9 Å². The summed E-state index contributed by atoms with van der Waals surface area (Å²) in [6.07, 6.45) is 7.23. The Labute approximate surface area is 119 Å². The van der Waals surface area contributed by atoms with Gasteiger partial charge >= 0.3 is 0 Å². The quantitative estimate of drug-likeness (QED) is 0.895. The largest absolute Gasteiger partial charge is 0.352 e. The number of aryl methyl sites for hydroxylation is 1. The highest BCUT2D eigenvalue weighted by molar-refractivity contribution is 7.91. The molecule has 0 unspecified atom stereocenters. The number of rotatable bonds is 4. The van der Waals surface area contributed by atoms with Crippen LogP contribution in [-0.2, 0) is 21.7 Å². The van der Waals surface area contributed by atoms with Gasteiger partial charge in [0, 0.05) is 25.5 Å². The van der Waals surface area contributed by atoms with Crippen LogP contribution in [0.2, 0.25) is 0 Å². The Morgan fingerprint density at radius 1 is 1.45 bits per heavy atom. The van der Waals surface area contributed by atoms with Crippen molar-refractivity contribution in [2.45, 2.75) is 43.8 Å². The second-order valence-corrected chi connectivity index (χ2v) is 7.40. The van der Waals surface area contributed by atoms with Crippen LogP contribution in [0.4, 0.5) is 0 Å². The zero-order valence-corrected chi connectivity index (χ0v) is 12.7. The first kappa shape index (κ1) is 15.0. The molecule has 1 saturated carbocycles. The van der Waals surface area contributed by atoms with Crippen molar-refractivity contribution in [1.29, 1.82) is 0 Å². The van der Waals surface area contributed by atoms with Gasteiger partial charge in [-0.1, -0.05) is 19.8 Å². The zero-order chi connectivity index (χ0) is 14.8. The lowest BCUT2D eigenvalue weighted by Crippen LogP contribution is -2.43. The van der Waals surface area contributed by atoms with E-state index in [2.05, 4.69) is 17.2 Å². The third-order valence-electron chi connectivity index (χ3n) is 3.83. The zero-order valence-electron chi connectivity index (χ0n) is 11.9. The number of sulfone groups is 1. The highest BCUT2D eigenvalue weighted by atomic mass is 32.2. The average molecular weight is 299 g/mol. The van der Waals surface area contributed by atoms with Crippen molar-refractivity contribution >= 4 is 15.7 Å². The van der Waals surface area contributed by atoms with Gasteiger partial charge in [-0.15, -0.1) is 0 Å². The molecule has 1 aromatic heterocycles. The molecule has 0 radical (unpaired) electrons. The molecule has 7 heteroatoms. The highest BCUT2D eigenvalue weighted by Crippen LogP contribution is 2.23. The van der Waals surface area contributed by atoms with Gasteiger partial charge in [0.05, 0.1) is 0 Å². The molecule has 112 valence electrons. The van der Waals surface area contributed by atoms with E-state index in [9.17, 15) is 13.2 Å². The first-order chi connectivity index (χ1) is 9.40. The van der Waals surface area contributed by atoms with Crippen molar-refractivity contribution in [3.63, 3.8) is 0 Å². The molecule has 0 aliphatic heterocycles. The molecule has 1 heterocycles. The molecule has 1 N–H and O–H groups in total. The Balaban J connectivity index is 1.99. The van der Waals surface area contributed by atoms with E-state index in [0.717, 1.165) is 19.3 Å². The number of amides is 1. The second kappa shape index (κ2) is 5.95. The monoisotopic (exact) mass is 299 g/mol. The Bertz CT molecular complexity index is 579. The van der Waals surface area contributed by atoms with Crippen LogP contribution < -0.4 is 5.32 Å². The molecule has 1 aromatic rings. The lowest BCUT2D eigenvalue weighted by Gasteiger charge is -2.29. The SMILES string of the molecule is C[C@H]1CCCC[C@H]1NC(=O)CS(=O)(=O)c1nccn1C. The summed E-state index contributed by atoms with van der Waals surface area (Å²) in [5.74, 6) is -0.573. The topological polar surface area (TPSA) is 81.1 Å². The predicted molar refractivity (Wildman–Crippen MR) is 74.8 cm³/mol. The Hall–Kier alpha value is -1.37. The van der Waals surface area contributed by atoms with Crippen molar-refractivity contribution in [3.05, 3.63) is 12.4 Å². The summed E-state index contributed by atoms with van der Waals surface area (Å²) in [6.45, 7) is 2.09. The minimum atomic E-state index is -3.68. The van der Waals surface area contributed by atoms with Crippen molar-refractivity contribution in [3.8, 4) is 0 Å². The molecular formula is C13H21N3O3S. The summed E-state index contributed by atoms with van der Waals surface area (Å²) in [6, 6.07) is 0.0906. The van der Waals surface area contributed by atoms with E-state index in [-0.39, 0.29) is 11.2 Å². The second-order valence-electron chi connectivity index (χ2n) is 5.52. The van der Waals surface area contributed by atoms with Gasteiger partial charge in [-0.05, 0) is 18.8 Å². The summed E-state index contributed by atoms with van der Waals surface area (Å²) in [4.78, 5) is 15.7. The van der Waals surface area contributed by atoms with Crippen molar-refractivity contribution in [2.75, 3.05) is 5.75 Å². The van der Waals surface area contributed by atoms with Crippen LogP contribution in [0.15, 0.2) is 17.6 Å². The predicted octanol–water partition coefficient (Wildman–Crippen LogP) is 0.889. The van der Waals surface area contributed by atoms with Gasteiger partial charge in [0.1, 0.15) is 5.75 Å². The first-order valence-corrected chi connectivity index (χ1v) is 8.55. The number of hydrogen-bond donors (Lipinski definition) is 1. The summed E-state index contributed by atoms with van der Waals surface area (Å²) < 4.78 is 25.6. The Kier molecular flexibility index (Phi) is 4.47. The molecule has 2 atom stereocenters. The van der Waals surface area contributed by atoms with E-state index in [1.807, 2.05) is 0 Å². The van der Waals surface area contributed by atoms with E-state index in [1.54, 1.807) is 13.2 Å². The molecule has 1 aliphatic rings. The number of imidazole rings is 1. The van der Waals surface area contributed by atoms with E-state index >= 15 is 0 Å². The minimum absolute atomic E-state index is 0.0654. The summed E-state index contributed by atoms with van der Waals surface area (Å²) in [5, 5.41) is 2.79. The fraction of sp³-hybridized carbons (Fsp3) is 0.692. The van der Waals surface area contributed by atoms with Crippen LogP contribution in [0, 0.1) is 5.92 Å². The van der Waals surface area contributed by atoms with E-state index in [0.29, 0.717) is 5.92 Å². The van der Waals surface area contributed by atoms with Gasteiger partial charge in [0.15, 0.2) is 0 Å². The number of carbonyl (C=O) groups is 1. The maximum absolute atomic E-state index is 12.1. The summed E-state index contributed by atoms with van der Waals surface area (Å²) in [5.41, 5.74) is 0. The fourth-order valence-electron chi connectivity index (χ4n) is 2.67. The third-order valence-corrected chi connectivity index (χ3v) is 5.43. The van der Waals surface area contributed by atoms with Crippen LogP contribution in [0.25, 0.3) is 0 Å². The van der Waals surface area contributed by atoms with Gasteiger partial charge in [0.2, 0.25) is 20.9 Å². The number of hydrogen-bond acceptors (Lipinski definition) is 4. The normalized spacial score (nSPS) is 23.5. The van der Waals surface area contributed by atoms with E-state index in [1.165, 1.54) is 17.2 Å². The van der Waals surface area contributed by atoms with Gasteiger partial charge in [0.25, 0.3) is 0 Å². The smallest absolute Gasteiger partial charge is 0.235 e. The standard InChI is InChI=1S/C13H21N3O3S/c1-10-5-3-4-6-11(10)15-12(17)9-20(18,19)13-14-7-8-16(13)2/h7-8,10-11H,3-6,9H2,1-2H3,(H,15,17)/t10-,11+/m0/s1. The lowest BCUT2D eigenvalue weighted by molar-refractivity contribution is -0.119. The summed E-state index contributed by atoms with van der Waals surface area (Å²) in [7, 11) is -2.08. The number of nitrogens with one attached hydrogen (secondary N) is 1. The lowest BCUT2D eigenvalue weighted by atomic mass is 9.86. The van der Waals surface area contributed by atoms with E-state index in [4.69, 9.17) is 0 Å². The number of carbonyl (C=O) groups excluding carboxylic acids is 1. The van der Waals surface area contributed by atoms with Crippen LogP contribution in [0.1, 0.15) is 32.6 Å². The molecule has 1 amide bonds. The first-order valence-electron chi connectivity index (χ1n) is 6.89. The highest BCUT2D eigenvalue weighted by Gasteiger charge is 2.27. The summed E-state index contributed by atoms with van der Waals surface area (Å²) >= 11 is 0. The maximum atomic E-state index is 12.1. The van der Waals surface area contributed by atoms with Crippen LogP contribution >= 0.6 is 0 Å². The van der Waals surface area contributed by atoms with Crippen molar-refractivity contribution < 1.29 is 13.2 Å². The minimum Gasteiger partial charge on any atom is -0.352 e. The molecule has 2 rings (SSSR count). The van der Waals surface area contributed by atoms with Gasteiger partial charge in [-0.3, -0.25) is 4.79 Å². The fourth-order valence-corrected chi connectivity index (χ4v) is 3.95. The van der Waals surface area contributed by atoms with Crippen LogP contribution in [0.3, 0.4) is 0 Å². The Morgan fingerprint density at radius 2 is 2.15 bits per heavy atom. The molecular weight excluding hydrogens is 278 g/mol. The van der Waals surface area contributed by atoms with Gasteiger partial charge in [-0.2, -0.15) is 0 Å². The molecule has 0 saturated heterocycles.